The maximum atomic E-state index is 13.5. The van der Waals surface area contributed by atoms with Crippen molar-refractivity contribution in [3.8, 4) is 5.75 Å². The average molecular weight is 586 g/mol. The van der Waals surface area contributed by atoms with Crippen molar-refractivity contribution in [3.63, 3.8) is 0 Å². The van der Waals surface area contributed by atoms with Crippen LogP contribution < -0.4 is 8.91 Å². The molecule has 0 spiro atoms. The van der Waals surface area contributed by atoms with Gasteiger partial charge < -0.3 is 13.7 Å². The van der Waals surface area contributed by atoms with Crippen LogP contribution in [0.15, 0.2) is 41.3 Å². The lowest BCUT2D eigenvalue weighted by Gasteiger charge is -2.32. The van der Waals surface area contributed by atoms with E-state index in [4.69, 9.17) is 13.7 Å². The molecule has 1 saturated carbocycles. The predicted molar refractivity (Wildman–Crippen MR) is 135 cm³/mol. The third-order valence-electron chi connectivity index (χ3n) is 7.81. The van der Waals surface area contributed by atoms with Gasteiger partial charge in [0.2, 0.25) is 0 Å². The Hall–Kier alpha value is -2.61. The molecule has 0 amide bonds. The first-order valence-electron chi connectivity index (χ1n) is 12.4. The summed E-state index contributed by atoms with van der Waals surface area (Å²) >= 11 is 0. The van der Waals surface area contributed by atoms with Crippen LogP contribution in [0.4, 0.5) is 18.9 Å². The number of hydrogen-bond acceptors (Lipinski definition) is 7. The lowest BCUT2D eigenvalue weighted by molar-refractivity contribution is -0.153. The Morgan fingerprint density at radius 2 is 1.49 bits per heavy atom. The number of allylic oxidation sites excluding steroid dienone is 2. The van der Waals surface area contributed by atoms with Gasteiger partial charge in [-0.15, -0.1) is 0 Å². The molecule has 2 fully saturated rings. The topological polar surface area (TPSA) is 108 Å². The van der Waals surface area contributed by atoms with Gasteiger partial charge in [0, 0.05) is 23.0 Å². The summed E-state index contributed by atoms with van der Waals surface area (Å²) in [5, 5.41) is 0. The first-order chi connectivity index (χ1) is 18.1. The monoisotopic (exact) mass is 585 g/mol. The van der Waals surface area contributed by atoms with Crippen LogP contribution in [0.3, 0.4) is 0 Å². The quantitative estimate of drug-likeness (QED) is 0.306. The molecule has 210 valence electrons. The Kier molecular flexibility index (Phi) is 5.76. The number of anilines is 1. The summed E-state index contributed by atoms with van der Waals surface area (Å²) in [5.74, 6) is -2.36. The minimum atomic E-state index is -6.00. The van der Waals surface area contributed by atoms with E-state index in [2.05, 4.69) is 4.72 Å². The summed E-state index contributed by atoms with van der Waals surface area (Å²) in [7, 11) is -10.1. The van der Waals surface area contributed by atoms with Crippen LogP contribution in [-0.4, -0.2) is 40.3 Å². The fourth-order valence-electron chi connectivity index (χ4n) is 6.29. The molecule has 0 unspecified atom stereocenters. The van der Waals surface area contributed by atoms with E-state index in [-0.39, 0.29) is 40.3 Å². The second-order valence-electron chi connectivity index (χ2n) is 10.8. The van der Waals surface area contributed by atoms with Crippen molar-refractivity contribution in [1.29, 1.82) is 0 Å². The van der Waals surface area contributed by atoms with Crippen molar-refractivity contribution in [2.45, 2.75) is 80.3 Å². The maximum Gasteiger partial charge on any atom is 0.534 e. The van der Waals surface area contributed by atoms with Crippen molar-refractivity contribution in [3.05, 3.63) is 64.2 Å². The van der Waals surface area contributed by atoms with E-state index in [1.807, 2.05) is 6.92 Å². The number of alkyl halides is 3. The molecule has 6 rings (SSSR count). The molecule has 1 aliphatic heterocycles. The van der Waals surface area contributed by atoms with Gasteiger partial charge >= 0.3 is 15.6 Å². The standard InChI is InChI=1S/C26H26F3NO7S2/c1-13-8-10-14(11-9-13)38(31,32)30-21-15-6-4-5-7-16(15)22(37-39(33,34)26(27,28)29)20-18-12-17(19(20)21)23-24(18)36-25(2,3)35-23/h4-5,8-11,17-18,23-24,30H,6-7,12H2,1-3H3/t17-,18+,23+,24-/m1/s1. The number of halogens is 3. The molecule has 1 saturated heterocycles. The number of sulfonamides is 1. The van der Waals surface area contributed by atoms with Crippen LogP contribution in [-0.2, 0) is 42.5 Å². The van der Waals surface area contributed by atoms with Gasteiger partial charge in [-0.1, -0.05) is 29.8 Å². The molecular weight excluding hydrogens is 559 g/mol. The van der Waals surface area contributed by atoms with E-state index in [0.717, 1.165) is 5.56 Å². The number of ether oxygens (including phenoxy) is 2. The summed E-state index contributed by atoms with van der Waals surface area (Å²) in [4.78, 5) is 0.0181. The molecule has 0 radical (unpaired) electrons. The van der Waals surface area contributed by atoms with Crippen LogP contribution in [0, 0.1) is 6.92 Å². The highest BCUT2D eigenvalue weighted by atomic mass is 32.2. The largest absolute Gasteiger partial charge is 0.534 e. The normalized spacial score (nSPS) is 26.7. The Morgan fingerprint density at radius 1 is 0.923 bits per heavy atom. The molecule has 2 aromatic carbocycles. The highest BCUT2D eigenvalue weighted by Crippen LogP contribution is 2.64. The van der Waals surface area contributed by atoms with Crippen LogP contribution in [0.5, 0.6) is 5.75 Å². The van der Waals surface area contributed by atoms with Gasteiger partial charge in [0.25, 0.3) is 10.0 Å². The van der Waals surface area contributed by atoms with Crippen molar-refractivity contribution in [2.75, 3.05) is 4.72 Å². The zero-order valence-electron chi connectivity index (χ0n) is 21.2. The van der Waals surface area contributed by atoms with Crippen LogP contribution >= 0.6 is 0 Å². The van der Waals surface area contributed by atoms with Gasteiger partial charge in [-0.25, -0.2) is 8.42 Å². The second kappa shape index (κ2) is 8.45. The minimum absolute atomic E-state index is 0.0181. The van der Waals surface area contributed by atoms with E-state index in [1.54, 1.807) is 38.1 Å². The van der Waals surface area contributed by atoms with Crippen molar-refractivity contribution < 1.29 is 43.7 Å². The van der Waals surface area contributed by atoms with Gasteiger partial charge in [0.1, 0.15) is 0 Å². The smallest absolute Gasteiger partial charge is 0.375 e. The summed E-state index contributed by atoms with van der Waals surface area (Å²) in [6, 6.07) is 6.26. The number of benzene rings is 2. The molecule has 1 heterocycles. The number of rotatable bonds is 5. The number of aryl methyl sites for hydroxylation is 1. The predicted octanol–water partition coefficient (Wildman–Crippen LogP) is 4.78. The number of fused-ring (bicyclic) bond motifs is 9. The fourth-order valence-corrected chi connectivity index (χ4v) is 7.91. The molecule has 2 aromatic rings. The zero-order valence-corrected chi connectivity index (χ0v) is 22.8. The van der Waals surface area contributed by atoms with E-state index in [1.165, 1.54) is 12.1 Å². The van der Waals surface area contributed by atoms with Gasteiger partial charge in [-0.3, -0.25) is 4.72 Å². The first-order valence-corrected chi connectivity index (χ1v) is 15.3. The highest BCUT2D eigenvalue weighted by molar-refractivity contribution is 7.92. The minimum Gasteiger partial charge on any atom is -0.375 e. The average Bonchev–Trinajstić information content (AvgIpc) is 3.47. The molecule has 0 aromatic heterocycles. The van der Waals surface area contributed by atoms with E-state index in [9.17, 15) is 30.0 Å². The summed E-state index contributed by atoms with van der Waals surface area (Å²) in [6.07, 6.45) is 3.04. The third kappa shape index (κ3) is 4.16. The first kappa shape index (κ1) is 26.6. The van der Waals surface area contributed by atoms with E-state index >= 15 is 0 Å². The van der Waals surface area contributed by atoms with Crippen molar-refractivity contribution in [1.82, 2.24) is 0 Å². The maximum absolute atomic E-state index is 13.5. The molecule has 4 aliphatic rings. The SMILES string of the molecule is Cc1ccc(S(=O)(=O)Nc2c3c(c(OS(=O)(=O)C(F)(F)F)c4c2[C@H]2C[C@@H]4[C@H]4OC(C)(C)O[C@H]42)CC=CC3)cc1. The van der Waals surface area contributed by atoms with Crippen molar-refractivity contribution >= 4 is 25.8 Å². The Labute approximate surface area is 224 Å². The molecular formula is C26H26F3NO7S2. The van der Waals surface area contributed by atoms with Crippen LogP contribution in [0.2, 0.25) is 0 Å². The molecule has 8 nitrogen and oxygen atoms in total. The highest BCUT2D eigenvalue weighted by Gasteiger charge is 2.62. The van der Waals surface area contributed by atoms with Gasteiger partial charge in [0.05, 0.1) is 22.8 Å². The number of hydrogen-bond donors (Lipinski definition) is 1. The lowest BCUT2D eigenvalue weighted by atomic mass is 9.80. The van der Waals surface area contributed by atoms with E-state index in [0.29, 0.717) is 17.5 Å². The van der Waals surface area contributed by atoms with Gasteiger partial charge in [0.15, 0.2) is 11.5 Å². The Bertz CT molecular complexity index is 1610. The zero-order chi connectivity index (χ0) is 28.1. The van der Waals surface area contributed by atoms with Gasteiger partial charge in [-0.2, -0.15) is 21.6 Å². The van der Waals surface area contributed by atoms with Crippen molar-refractivity contribution in [2.24, 2.45) is 0 Å². The number of nitrogens with one attached hydrogen (secondary N) is 1. The molecule has 39 heavy (non-hydrogen) atoms. The van der Waals surface area contributed by atoms with E-state index < -0.39 is 55.5 Å². The fraction of sp³-hybridized carbons (Fsp3) is 0.462. The lowest BCUT2D eigenvalue weighted by Crippen LogP contribution is -2.33. The molecule has 3 aliphatic carbocycles. The summed E-state index contributed by atoms with van der Waals surface area (Å²) < 4.78 is 112. The summed E-state index contributed by atoms with van der Waals surface area (Å²) in [6.45, 7) is 5.26. The molecule has 4 atom stereocenters. The van der Waals surface area contributed by atoms with Gasteiger partial charge in [-0.05, 0) is 63.3 Å². The third-order valence-corrected chi connectivity index (χ3v) is 10.1. The summed E-state index contributed by atoms with van der Waals surface area (Å²) in [5.41, 5.74) is -3.33. The Morgan fingerprint density at radius 3 is 2.08 bits per heavy atom. The molecule has 2 bridgehead atoms. The second-order valence-corrected chi connectivity index (χ2v) is 14.0. The Balaban J connectivity index is 1.57. The molecule has 13 heteroatoms. The van der Waals surface area contributed by atoms with Crippen LogP contribution in [0.25, 0.3) is 0 Å². The molecule has 1 N–H and O–H groups in total. The van der Waals surface area contributed by atoms with Crippen LogP contribution in [0.1, 0.15) is 59.9 Å².